The van der Waals surface area contributed by atoms with Crippen LogP contribution in [0.2, 0.25) is 0 Å². The van der Waals surface area contributed by atoms with Crippen LogP contribution in [-0.2, 0) is 5.54 Å². The Morgan fingerprint density at radius 1 is 0.477 bits per heavy atom. The van der Waals surface area contributed by atoms with Gasteiger partial charge in [-0.3, -0.25) is 0 Å². The Morgan fingerprint density at radius 2 is 0.864 bits per heavy atom. The van der Waals surface area contributed by atoms with E-state index in [-0.39, 0.29) is 0 Å². The smallest absolute Gasteiger partial charge is 0.121 e. The molecule has 0 bridgehead atoms. The lowest BCUT2D eigenvalue weighted by molar-refractivity contribution is 0.515. The number of aromatic nitrogens is 2. The van der Waals surface area contributed by atoms with E-state index in [0.717, 1.165) is 11.3 Å². The number of nitrogens with zero attached hydrogens (tertiary/aromatic N) is 2. The summed E-state index contributed by atoms with van der Waals surface area (Å²) in [5, 5.41) is 4.03. The minimum Gasteiger partial charge on any atom is -0.318 e. The van der Waals surface area contributed by atoms with Crippen molar-refractivity contribution in [3.05, 3.63) is 205 Å². The molecule has 0 radical (unpaired) electrons. The SMILES string of the molecule is C[P+](c1ccccc1)(c1ccccc1)c1ccccc1-c1cn(C(c2ccccc2)(c2ccccc2)c2ccccc2)cn1. The van der Waals surface area contributed by atoms with Gasteiger partial charge in [-0.25, -0.2) is 4.98 Å². The molecular weight excluding hydrogens is 551 g/mol. The highest BCUT2D eigenvalue weighted by Gasteiger charge is 2.43. The molecular formula is C41H34N2P+. The Kier molecular flexibility index (Phi) is 7.52. The monoisotopic (exact) mass is 585 g/mol. The molecule has 0 saturated carbocycles. The number of benzene rings is 6. The molecule has 0 aliphatic carbocycles. The molecule has 7 rings (SSSR count). The van der Waals surface area contributed by atoms with Gasteiger partial charge in [0.25, 0.3) is 0 Å². The Bertz CT molecular complexity index is 1820. The Balaban J connectivity index is 1.47. The van der Waals surface area contributed by atoms with Gasteiger partial charge in [0.2, 0.25) is 0 Å². The highest BCUT2D eigenvalue weighted by molar-refractivity contribution is 7.95. The molecule has 0 saturated heterocycles. The Hall–Kier alpha value is -5.04. The van der Waals surface area contributed by atoms with Crippen molar-refractivity contribution in [3.8, 4) is 11.3 Å². The zero-order valence-corrected chi connectivity index (χ0v) is 25.6. The molecule has 1 heterocycles. The fraction of sp³-hybridized carbons (Fsp3) is 0.0488. The summed E-state index contributed by atoms with van der Waals surface area (Å²) in [5.41, 5.74) is 5.06. The molecule has 0 N–H and O–H groups in total. The molecule has 0 fully saturated rings. The van der Waals surface area contributed by atoms with E-state index in [9.17, 15) is 0 Å². The molecule has 44 heavy (non-hydrogen) atoms. The topological polar surface area (TPSA) is 17.8 Å². The molecule has 6 aromatic carbocycles. The van der Waals surface area contributed by atoms with Crippen LogP contribution in [0, 0.1) is 0 Å². The lowest BCUT2D eigenvalue weighted by Gasteiger charge is -2.37. The summed E-state index contributed by atoms with van der Waals surface area (Å²) in [5.74, 6) is 0. The summed E-state index contributed by atoms with van der Waals surface area (Å²) in [7, 11) is -1.98. The van der Waals surface area contributed by atoms with Crippen LogP contribution >= 0.6 is 7.26 Å². The molecule has 0 amide bonds. The van der Waals surface area contributed by atoms with Crippen LogP contribution in [0.5, 0.6) is 0 Å². The van der Waals surface area contributed by atoms with Crippen molar-refractivity contribution < 1.29 is 0 Å². The van der Waals surface area contributed by atoms with Crippen LogP contribution in [0.3, 0.4) is 0 Å². The minimum atomic E-state index is -1.98. The van der Waals surface area contributed by atoms with E-state index in [1.54, 1.807) is 0 Å². The average Bonchev–Trinajstić information content (AvgIpc) is 3.61. The predicted octanol–water partition coefficient (Wildman–Crippen LogP) is 8.31. The van der Waals surface area contributed by atoms with Crippen LogP contribution in [0.25, 0.3) is 11.3 Å². The number of hydrogen-bond donors (Lipinski definition) is 0. The summed E-state index contributed by atoms with van der Waals surface area (Å²) < 4.78 is 2.31. The first-order valence-corrected chi connectivity index (χ1v) is 17.2. The fourth-order valence-electron chi connectivity index (χ4n) is 6.59. The van der Waals surface area contributed by atoms with Gasteiger partial charge in [0.1, 0.15) is 28.7 Å². The summed E-state index contributed by atoms with van der Waals surface area (Å²) in [6.45, 7) is 2.44. The lowest BCUT2D eigenvalue weighted by Crippen LogP contribution is -2.37. The van der Waals surface area contributed by atoms with Crippen molar-refractivity contribution >= 4 is 23.2 Å². The van der Waals surface area contributed by atoms with E-state index in [0.29, 0.717) is 0 Å². The second-order valence-electron chi connectivity index (χ2n) is 11.2. The summed E-state index contributed by atoms with van der Waals surface area (Å²) >= 11 is 0. The third kappa shape index (κ3) is 4.69. The van der Waals surface area contributed by atoms with Gasteiger partial charge in [0.05, 0.1) is 18.7 Å². The van der Waals surface area contributed by atoms with Gasteiger partial charge in [-0.05, 0) is 53.1 Å². The van der Waals surface area contributed by atoms with Crippen LogP contribution in [0.15, 0.2) is 188 Å². The molecule has 212 valence electrons. The quantitative estimate of drug-likeness (QED) is 0.130. The van der Waals surface area contributed by atoms with Gasteiger partial charge in [-0.2, -0.15) is 0 Å². The summed E-state index contributed by atoms with van der Waals surface area (Å²) in [4.78, 5) is 5.17. The molecule has 0 spiro atoms. The third-order valence-corrected chi connectivity index (χ3v) is 12.8. The maximum Gasteiger partial charge on any atom is 0.121 e. The summed E-state index contributed by atoms with van der Waals surface area (Å²) in [6, 6.07) is 63.1. The zero-order chi connectivity index (χ0) is 29.8. The number of rotatable bonds is 8. The Morgan fingerprint density at radius 3 is 1.32 bits per heavy atom. The van der Waals surface area contributed by atoms with Crippen LogP contribution in [0.1, 0.15) is 16.7 Å². The second kappa shape index (κ2) is 11.9. The first kappa shape index (κ1) is 27.8. The molecule has 0 atom stereocenters. The van der Waals surface area contributed by atoms with E-state index in [1.165, 1.54) is 32.6 Å². The van der Waals surface area contributed by atoms with Crippen molar-refractivity contribution in [2.24, 2.45) is 0 Å². The lowest BCUT2D eigenvalue weighted by atomic mass is 9.77. The van der Waals surface area contributed by atoms with E-state index < -0.39 is 12.8 Å². The second-order valence-corrected chi connectivity index (χ2v) is 14.7. The van der Waals surface area contributed by atoms with Crippen molar-refractivity contribution in [2.75, 3.05) is 6.66 Å². The summed E-state index contributed by atoms with van der Waals surface area (Å²) in [6.07, 6.45) is 4.26. The van der Waals surface area contributed by atoms with Gasteiger partial charge in [0.15, 0.2) is 0 Å². The first-order chi connectivity index (χ1) is 21.7. The minimum absolute atomic E-state index is 0.610. The van der Waals surface area contributed by atoms with Crippen LogP contribution in [-0.4, -0.2) is 16.2 Å². The highest BCUT2D eigenvalue weighted by Crippen LogP contribution is 2.53. The number of hydrogen-bond acceptors (Lipinski definition) is 1. The maximum absolute atomic E-state index is 5.17. The third-order valence-electron chi connectivity index (χ3n) is 8.75. The molecule has 2 nitrogen and oxygen atoms in total. The molecule has 0 aliphatic heterocycles. The largest absolute Gasteiger partial charge is 0.318 e. The normalized spacial score (nSPS) is 11.8. The van der Waals surface area contributed by atoms with Gasteiger partial charge >= 0.3 is 0 Å². The van der Waals surface area contributed by atoms with Gasteiger partial charge in [-0.1, -0.05) is 140 Å². The van der Waals surface area contributed by atoms with Crippen molar-refractivity contribution in [3.63, 3.8) is 0 Å². The fourth-order valence-corrected chi connectivity index (χ4v) is 10.0. The van der Waals surface area contributed by atoms with Gasteiger partial charge in [-0.15, -0.1) is 0 Å². The van der Waals surface area contributed by atoms with Crippen molar-refractivity contribution in [2.45, 2.75) is 5.54 Å². The van der Waals surface area contributed by atoms with E-state index in [1.807, 2.05) is 6.33 Å². The van der Waals surface area contributed by atoms with E-state index in [2.05, 4.69) is 193 Å². The standard InChI is InChI=1S/C41H34N2P/c1-44(36-25-13-5-14-26-36,37-27-15-6-16-28-37)40-30-18-17-29-38(40)39-31-43(32-42-39)41(33-19-7-2-8-20-33,34-21-9-3-10-22-34)35-23-11-4-12-24-35/h2-32H,1H3/q+1. The zero-order valence-electron chi connectivity index (χ0n) is 24.7. The maximum atomic E-state index is 5.17. The average molecular weight is 586 g/mol. The molecule has 3 heteroatoms. The van der Waals surface area contributed by atoms with Crippen molar-refractivity contribution in [1.29, 1.82) is 0 Å². The molecule has 7 aromatic rings. The van der Waals surface area contributed by atoms with E-state index >= 15 is 0 Å². The van der Waals surface area contributed by atoms with Crippen LogP contribution < -0.4 is 15.9 Å². The number of imidazole rings is 1. The molecule has 0 unspecified atom stereocenters. The van der Waals surface area contributed by atoms with Crippen LogP contribution in [0.4, 0.5) is 0 Å². The van der Waals surface area contributed by atoms with E-state index in [4.69, 9.17) is 4.98 Å². The van der Waals surface area contributed by atoms with Crippen molar-refractivity contribution in [1.82, 2.24) is 9.55 Å². The highest BCUT2D eigenvalue weighted by atomic mass is 31.2. The van der Waals surface area contributed by atoms with Gasteiger partial charge < -0.3 is 4.57 Å². The first-order valence-electron chi connectivity index (χ1n) is 15.0. The molecule has 1 aromatic heterocycles. The Labute approximate surface area is 260 Å². The van der Waals surface area contributed by atoms with Gasteiger partial charge in [0, 0.05) is 11.8 Å². The predicted molar refractivity (Wildman–Crippen MR) is 187 cm³/mol. The molecule has 0 aliphatic rings.